The van der Waals surface area contributed by atoms with E-state index in [0.717, 1.165) is 11.1 Å². The zero-order valence-electron chi connectivity index (χ0n) is 11.4. The Morgan fingerprint density at radius 3 is 2.45 bits per heavy atom. The highest BCUT2D eigenvalue weighted by atomic mass is 16.2. The Hall–Kier alpha value is -2.43. The van der Waals surface area contributed by atoms with Crippen LogP contribution < -0.4 is 4.90 Å². The molecule has 0 bridgehead atoms. The second-order valence-electron chi connectivity index (χ2n) is 5.14. The van der Waals surface area contributed by atoms with Gasteiger partial charge in [-0.05, 0) is 37.1 Å². The number of benzene rings is 1. The number of hydrogen-bond acceptors (Lipinski definition) is 3. The number of carbonyl (C=O) groups is 2. The molecule has 1 aromatic heterocycles. The van der Waals surface area contributed by atoms with Crippen molar-refractivity contribution in [1.82, 2.24) is 9.55 Å². The maximum atomic E-state index is 12.5. The summed E-state index contributed by atoms with van der Waals surface area (Å²) in [6.45, 7) is 3.91. The number of amides is 2. The molecule has 1 saturated heterocycles. The second-order valence-corrected chi connectivity index (χ2v) is 5.14. The normalized spacial score (nSPS) is 18.9. The molecule has 1 fully saturated rings. The molecular formula is C15H15N3O2. The lowest BCUT2D eigenvalue weighted by molar-refractivity contribution is -0.122. The van der Waals surface area contributed by atoms with Gasteiger partial charge in [-0.2, -0.15) is 0 Å². The lowest BCUT2D eigenvalue weighted by Gasteiger charge is -2.16. The van der Waals surface area contributed by atoms with E-state index in [1.165, 1.54) is 4.90 Å². The molecule has 2 aromatic rings. The van der Waals surface area contributed by atoms with Crippen molar-refractivity contribution in [3.05, 3.63) is 48.0 Å². The van der Waals surface area contributed by atoms with Crippen LogP contribution in [0.4, 0.5) is 5.69 Å². The van der Waals surface area contributed by atoms with Crippen molar-refractivity contribution in [3.8, 4) is 0 Å². The van der Waals surface area contributed by atoms with E-state index in [1.807, 2.05) is 32.0 Å². The molecule has 2 heterocycles. The third-order valence-electron chi connectivity index (χ3n) is 3.47. The largest absolute Gasteiger partial charge is 0.324 e. The first-order valence-electron chi connectivity index (χ1n) is 6.49. The lowest BCUT2D eigenvalue weighted by Crippen LogP contribution is -2.31. The van der Waals surface area contributed by atoms with Gasteiger partial charge in [0.15, 0.2) is 0 Å². The van der Waals surface area contributed by atoms with Crippen LogP contribution in [0.5, 0.6) is 0 Å². The summed E-state index contributed by atoms with van der Waals surface area (Å²) >= 11 is 0. The summed E-state index contributed by atoms with van der Waals surface area (Å²) in [5.41, 5.74) is 2.72. The van der Waals surface area contributed by atoms with Crippen LogP contribution >= 0.6 is 0 Å². The Morgan fingerprint density at radius 1 is 1.15 bits per heavy atom. The van der Waals surface area contributed by atoms with Gasteiger partial charge in [0.25, 0.3) is 5.91 Å². The molecular weight excluding hydrogens is 254 g/mol. The lowest BCUT2D eigenvalue weighted by atomic mass is 10.1. The van der Waals surface area contributed by atoms with Gasteiger partial charge in [0.1, 0.15) is 6.04 Å². The van der Waals surface area contributed by atoms with Crippen molar-refractivity contribution in [2.45, 2.75) is 26.3 Å². The number of anilines is 1. The standard InChI is InChI=1S/C15H15N3O2/c1-10-5-11(2)7-12(6-10)18-14(19)8-13(15(18)20)17-4-3-16-9-17/h3-7,9,13H,8H2,1-2H3/t13-/m1/s1. The molecule has 0 radical (unpaired) electrons. The molecule has 5 heteroatoms. The fourth-order valence-electron chi connectivity index (χ4n) is 2.65. The van der Waals surface area contributed by atoms with Gasteiger partial charge in [0.2, 0.25) is 5.91 Å². The SMILES string of the molecule is Cc1cc(C)cc(N2C(=O)C[C@@H](n3ccnc3)C2=O)c1. The quantitative estimate of drug-likeness (QED) is 0.784. The fourth-order valence-corrected chi connectivity index (χ4v) is 2.65. The zero-order valence-corrected chi connectivity index (χ0v) is 11.4. The van der Waals surface area contributed by atoms with Crippen LogP contribution in [-0.2, 0) is 9.59 Å². The van der Waals surface area contributed by atoms with Crippen molar-refractivity contribution in [2.75, 3.05) is 4.90 Å². The highest BCUT2D eigenvalue weighted by molar-refractivity contribution is 6.21. The van der Waals surface area contributed by atoms with E-state index >= 15 is 0 Å². The van der Waals surface area contributed by atoms with Gasteiger partial charge < -0.3 is 4.57 Å². The molecule has 0 saturated carbocycles. The summed E-state index contributed by atoms with van der Waals surface area (Å²) in [6.07, 6.45) is 5.07. The van der Waals surface area contributed by atoms with Crippen molar-refractivity contribution < 1.29 is 9.59 Å². The summed E-state index contributed by atoms with van der Waals surface area (Å²) in [6, 6.07) is 5.26. The van der Waals surface area contributed by atoms with E-state index < -0.39 is 6.04 Å². The molecule has 1 aromatic carbocycles. The van der Waals surface area contributed by atoms with Crippen LogP contribution in [0.2, 0.25) is 0 Å². The number of aromatic nitrogens is 2. The minimum absolute atomic E-state index is 0.168. The smallest absolute Gasteiger partial charge is 0.257 e. The number of imide groups is 1. The predicted molar refractivity (Wildman–Crippen MR) is 74.3 cm³/mol. The maximum absolute atomic E-state index is 12.5. The van der Waals surface area contributed by atoms with E-state index in [2.05, 4.69) is 4.98 Å². The first-order valence-corrected chi connectivity index (χ1v) is 6.49. The second kappa shape index (κ2) is 4.59. The average molecular weight is 269 g/mol. The van der Waals surface area contributed by atoms with E-state index in [4.69, 9.17) is 0 Å². The van der Waals surface area contributed by atoms with Crippen molar-refractivity contribution >= 4 is 17.5 Å². The molecule has 3 rings (SSSR count). The van der Waals surface area contributed by atoms with Gasteiger partial charge in [0.05, 0.1) is 18.4 Å². The van der Waals surface area contributed by atoms with Crippen LogP contribution in [0, 0.1) is 13.8 Å². The predicted octanol–water partition coefficient (Wildman–Crippen LogP) is 2.00. The van der Waals surface area contributed by atoms with Crippen LogP contribution in [-0.4, -0.2) is 21.4 Å². The summed E-state index contributed by atoms with van der Waals surface area (Å²) in [5, 5.41) is 0. The molecule has 1 aliphatic heterocycles. The molecule has 5 nitrogen and oxygen atoms in total. The van der Waals surface area contributed by atoms with E-state index in [1.54, 1.807) is 23.3 Å². The van der Waals surface area contributed by atoms with Gasteiger partial charge in [-0.1, -0.05) is 6.07 Å². The minimum Gasteiger partial charge on any atom is -0.324 e. The Balaban J connectivity index is 1.98. The van der Waals surface area contributed by atoms with E-state index in [-0.39, 0.29) is 18.2 Å². The van der Waals surface area contributed by atoms with E-state index in [0.29, 0.717) is 5.69 Å². The third kappa shape index (κ3) is 2.01. The maximum Gasteiger partial charge on any atom is 0.257 e. The monoisotopic (exact) mass is 269 g/mol. The number of nitrogens with zero attached hydrogens (tertiary/aromatic N) is 3. The van der Waals surface area contributed by atoms with Crippen molar-refractivity contribution in [3.63, 3.8) is 0 Å². The summed E-state index contributed by atoms with van der Waals surface area (Å²) in [7, 11) is 0. The number of imidazole rings is 1. The van der Waals surface area contributed by atoms with Gasteiger partial charge in [-0.25, -0.2) is 9.88 Å². The summed E-state index contributed by atoms with van der Waals surface area (Å²) in [5.74, 6) is -0.364. The molecule has 0 aliphatic carbocycles. The van der Waals surface area contributed by atoms with Gasteiger partial charge in [-0.3, -0.25) is 9.59 Å². The van der Waals surface area contributed by atoms with Crippen LogP contribution in [0.1, 0.15) is 23.6 Å². The summed E-state index contributed by atoms with van der Waals surface area (Å²) in [4.78, 5) is 29.9. The fraction of sp³-hybridized carbons (Fsp3) is 0.267. The average Bonchev–Trinajstić information content (AvgIpc) is 2.96. The zero-order chi connectivity index (χ0) is 14.3. The van der Waals surface area contributed by atoms with Crippen LogP contribution in [0.3, 0.4) is 0 Å². The van der Waals surface area contributed by atoms with E-state index in [9.17, 15) is 9.59 Å². The van der Waals surface area contributed by atoms with Crippen LogP contribution in [0.15, 0.2) is 36.9 Å². The van der Waals surface area contributed by atoms with Crippen molar-refractivity contribution in [2.24, 2.45) is 0 Å². The Labute approximate surface area is 116 Å². The molecule has 0 spiro atoms. The minimum atomic E-state index is -0.481. The van der Waals surface area contributed by atoms with Crippen LogP contribution in [0.25, 0.3) is 0 Å². The number of rotatable bonds is 2. The first kappa shape index (κ1) is 12.6. The molecule has 0 unspecified atom stereocenters. The molecule has 1 aliphatic rings. The summed E-state index contributed by atoms with van der Waals surface area (Å²) < 4.78 is 1.68. The molecule has 1 atom stereocenters. The molecule has 0 N–H and O–H groups in total. The Kier molecular flexibility index (Phi) is 2.89. The number of carbonyl (C=O) groups excluding carboxylic acids is 2. The molecule has 102 valence electrons. The van der Waals surface area contributed by atoms with Gasteiger partial charge in [-0.15, -0.1) is 0 Å². The Morgan fingerprint density at radius 2 is 1.85 bits per heavy atom. The first-order chi connectivity index (χ1) is 9.56. The topological polar surface area (TPSA) is 55.2 Å². The number of hydrogen-bond donors (Lipinski definition) is 0. The highest BCUT2D eigenvalue weighted by Crippen LogP contribution is 2.30. The Bertz CT molecular complexity index is 656. The highest BCUT2D eigenvalue weighted by Gasteiger charge is 2.40. The molecule has 2 amide bonds. The van der Waals surface area contributed by atoms with Gasteiger partial charge in [0, 0.05) is 12.4 Å². The van der Waals surface area contributed by atoms with Crippen molar-refractivity contribution in [1.29, 1.82) is 0 Å². The molecule has 20 heavy (non-hydrogen) atoms. The van der Waals surface area contributed by atoms with Gasteiger partial charge >= 0.3 is 0 Å². The number of aryl methyl sites for hydroxylation is 2. The third-order valence-corrected chi connectivity index (χ3v) is 3.47.